The molecule has 3 rings (SSSR count). The number of thiazole rings is 1. The zero-order valence-corrected chi connectivity index (χ0v) is 17.8. The van der Waals surface area contributed by atoms with Crippen LogP contribution >= 0.6 is 23.1 Å². The van der Waals surface area contributed by atoms with Gasteiger partial charge >= 0.3 is 0 Å². The third-order valence-corrected chi connectivity index (χ3v) is 6.24. The molecule has 8 nitrogen and oxygen atoms in total. The van der Waals surface area contributed by atoms with Crippen LogP contribution in [0.5, 0.6) is 5.75 Å². The van der Waals surface area contributed by atoms with Crippen LogP contribution < -0.4 is 15.8 Å². The number of aryl methyl sites for hydroxylation is 1. The molecule has 1 aromatic carbocycles. The first-order valence-electron chi connectivity index (χ1n) is 8.76. The van der Waals surface area contributed by atoms with Crippen molar-refractivity contribution in [3.05, 3.63) is 40.9 Å². The predicted octanol–water partition coefficient (Wildman–Crippen LogP) is 3.00. The molecule has 29 heavy (non-hydrogen) atoms. The second-order valence-corrected chi connectivity index (χ2v) is 8.79. The molecule has 2 amide bonds. The zero-order valence-electron chi connectivity index (χ0n) is 16.2. The van der Waals surface area contributed by atoms with Crippen LogP contribution in [0, 0.1) is 6.92 Å². The number of thioether (sulfide) groups is 1. The number of primary amides is 1. The SMILES string of the molecule is COc1ccc(-c2cc(NC(=O)Cc3csc(SC(C)C(N)=O)n3)n[nH]2)cc1C. The molecular weight excluding hydrogens is 410 g/mol. The molecule has 1 unspecified atom stereocenters. The van der Waals surface area contributed by atoms with Gasteiger partial charge in [0.2, 0.25) is 11.8 Å². The molecule has 0 saturated heterocycles. The average molecular weight is 432 g/mol. The Hall–Kier alpha value is -2.85. The third kappa shape index (κ3) is 5.36. The molecule has 2 heterocycles. The molecule has 0 aliphatic heterocycles. The van der Waals surface area contributed by atoms with E-state index in [9.17, 15) is 9.59 Å². The molecule has 0 radical (unpaired) electrons. The molecule has 2 aromatic heterocycles. The lowest BCUT2D eigenvalue weighted by Gasteiger charge is -2.05. The van der Waals surface area contributed by atoms with Crippen molar-refractivity contribution in [1.29, 1.82) is 0 Å². The molecule has 152 valence electrons. The number of H-pyrrole nitrogens is 1. The highest BCUT2D eigenvalue weighted by Crippen LogP contribution is 2.28. The summed E-state index contributed by atoms with van der Waals surface area (Å²) in [5.41, 5.74) is 8.64. The number of ether oxygens (including phenoxy) is 1. The molecule has 0 spiro atoms. The first-order chi connectivity index (χ1) is 13.9. The van der Waals surface area contributed by atoms with Crippen LogP contribution in [0.15, 0.2) is 34.0 Å². The monoisotopic (exact) mass is 431 g/mol. The van der Waals surface area contributed by atoms with Crippen molar-refractivity contribution in [2.45, 2.75) is 29.9 Å². The van der Waals surface area contributed by atoms with E-state index in [1.165, 1.54) is 23.1 Å². The molecule has 0 fully saturated rings. The number of carbonyl (C=O) groups is 2. The third-order valence-electron chi connectivity index (χ3n) is 4.10. The van der Waals surface area contributed by atoms with E-state index in [1.807, 2.05) is 25.1 Å². The Kier molecular flexibility index (Phi) is 6.55. The molecule has 1 atom stereocenters. The minimum atomic E-state index is -0.397. The predicted molar refractivity (Wildman–Crippen MR) is 114 cm³/mol. The van der Waals surface area contributed by atoms with Crippen LogP contribution in [0.3, 0.4) is 0 Å². The van der Waals surface area contributed by atoms with Crippen molar-refractivity contribution in [1.82, 2.24) is 15.2 Å². The van der Waals surface area contributed by atoms with E-state index in [1.54, 1.807) is 25.5 Å². The van der Waals surface area contributed by atoms with Crippen LogP contribution in [0.2, 0.25) is 0 Å². The minimum Gasteiger partial charge on any atom is -0.496 e. The number of benzene rings is 1. The summed E-state index contributed by atoms with van der Waals surface area (Å²) in [4.78, 5) is 27.8. The molecule has 10 heteroatoms. The number of nitrogens with two attached hydrogens (primary N) is 1. The highest BCUT2D eigenvalue weighted by molar-refractivity contribution is 8.02. The van der Waals surface area contributed by atoms with Crippen molar-refractivity contribution in [2.75, 3.05) is 12.4 Å². The van der Waals surface area contributed by atoms with E-state index in [0.29, 0.717) is 15.9 Å². The number of methoxy groups -OCH3 is 1. The van der Waals surface area contributed by atoms with Crippen LogP contribution in [-0.2, 0) is 16.0 Å². The number of nitrogens with zero attached hydrogens (tertiary/aromatic N) is 2. The van der Waals surface area contributed by atoms with Gasteiger partial charge in [0.15, 0.2) is 10.2 Å². The summed E-state index contributed by atoms with van der Waals surface area (Å²) >= 11 is 2.66. The molecule has 0 saturated carbocycles. The smallest absolute Gasteiger partial charge is 0.231 e. The quantitative estimate of drug-likeness (QED) is 0.471. The number of anilines is 1. The molecule has 4 N–H and O–H groups in total. The van der Waals surface area contributed by atoms with Crippen LogP contribution in [0.1, 0.15) is 18.2 Å². The van der Waals surface area contributed by atoms with Crippen molar-refractivity contribution in [3.63, 3.8) is 0 Å². The highest BCUT2D eigenvalue weighted by Gasteiger charge is 2.15. The summed E-state index contributed by atoms with van der Waals surface area (Å²) in [6, 6.07) is 7.57. The summed E-state index contributed by atoms with van der Waals surface area (Å²) in [5.74, 6) is 0.628. The number of aromatic amines is 1. The Balaban J connectivity index is 1.60. The fourth-order valence-electron chi connectivity index (χ4n) is 2.56. The number of amides is 2. The van der Waals surface area contributed by atoms with E-state index in [-0.39, 0.29) is 17.6 Å². The van der Waals surface area contributed by atoms with Crippen LogP contribution in [0.4, 0.5) is 5.82 Å². The second-order valence-electron chi connectivity index (χ2n) is 6.34. The Morgan fingerprint density at radius 2 is 2.17 bits per heavy atom. The van der Waals surface area contributed by atoms with Gasteiger partial charge in [-0.15, -0.1) is 11.3 Å². The molecular formula is C19H21N5O3S2. The average Bonchev–Trinajstić information content (AvgIpc) is 3.31. The van der Waals surface area contributed by atoms with Gasteiger partial charge in [-0.1, -0.05) is 11.8 Å². The first-order valence-corrected chi connectivity index (χ1v) is 10.5. The Morgan fingerprint density at radius 3 is 2.86 bits per heavy atom. The summed E-state index contributed by atoms with van der Waals surface area (Å²) < 4.78 is 5.98. The van der Waals surface area contributed by atoms with E-state index in [4.69, 9.17) is 10.5 Å². The number of hydrogen-bond donors (Lipinski definition) is 3. The Labute approximate surface area is 176 Å². The number of rotatable bonds is 8. The lowest BCUT2D eigenvalue weighted by atomic mass is 10.1. The van der Waals surface area contributed by atoms with Gasteiger partial charge < -0.3 is 15.8 Å². The van der Waals surface area contributed by atoms with E-state index < -0.39 is 5.91 Å². The van der Waals surface area contributed by atoms with E-state index in [2.05, 4.69) is 20.5 Å². The standard InChI is InChI=1S/C19H21N5O3S2/c1-10-6-12(4-5-15(10)27-3)14-8-16(24-23-14)22-17(25)7-13-9-28-19(21-13)29-11(2)18(20)26/h4-6,8-9,11H,7H2,1-3H3,(H2,20,26)(H2,22,23,24,25). The van der Waals surface area contributed by atoms with Crippen molar-refractivity contribution in [3.8, 4) is 17.0 Å². The summed E-state index contributed by atoms with van der Waals surface area (Å²) in [6.45, 7) is 3.69. The number of hydrogen-bond acceptors (Lipinski definition) is 7. The van der Waals surface area contributed by atoms with Gasteiger partial charge in [0.05, 0.1) is 30.2 Å². The van der Waals surface area contributed by atoms with Gasteiger partial charge in [-0.2, -0.15) is 5.10 Å². The van der Waals surface area contributed by atoms with Gasteiger partial charge in [0.25, 0.3) is 0 Å². The van der Waals surface area contributed by atoms with Crippen LogP contribution in [-0.4, -0.2) is 39.4 Å². The Bertz CT molecular complexity index is 1030. The zero-order chi connectivity index (χ0) is 21.0. The number of aromatic nitrogens is 3. The van der Waals surface area contributed by atoms with E-state index in [0.717, 1.165) is 22.6 Å². The number of carbonyl (C=O) groups excluding carboxylic acids is 2. The topological polar surface area (TPSA) is 123 Å². The maximum absolute atomic E-state index is 12.3. The maximum Gasteiger partial charge on any atom is 0.231 e. The van der Waals surface area contributed by atoms with Gasteiger partial charge in [0, 0.05) is 17.0 Å². The van der Waals surface area contributed by atoms with Crippen LogP contribution in [0.25, 0.3) is 11.3 Å². The summed E-state index contributed by atoms with van der Waals surface area (Å²) in [7, 11) is 1.63. The minimum absolute atomic E-state index is 0.117. The Morgan fingerprint density at radius 1 is 1.38 bits per heavy atom. The van der Waals surface area contributed by atoms with Gasteiger partial charge in [-0.25, -0.2) is 4.98 Å². The molecule has 3 aromatic rings. The lowest BCUT2D eigenvalue weighted by Crippen LogP contribution is -2.22. The van der Waals surface area contributed by atoms with Crippen molar-refractivity contribution < 1.29 is 14.3 Å². The summed E-state index contributed by atoms with van der Waals surface area (Å²) in [6.07, 6.45) is 0.117. The first kappa shape index (κ1) is 20.9. The fourth-order valence-corrected chi connectivity index (χ4v) is 4.50. The highest BCUT2D eigenvalue weighted by atomic mass is 32.2. The maximum atomic E-state index is 12.3. The largest absolute Gasteiger partial charge is 0.496 e. The van der Waals surface area contributed by atoms with Gasteiger partial charge in [0.1, 0.15) is 5.75 Å². The van der Waals surface area contributed by atoms with Crippen molar-refractivity contribution in [2.24, 2.45) is 5.73 Å². The van der Waals surface area contributed by atoms with Crippen molar-refractivity contribution >= 4 is 40.7 Å². The number of nitrogens with one attached hydrogen (secondary N) is 2. The fraction of sp³-hybridized carbons (Fsp3) is 0.263. The summed E-state index contributed by atoms with van der Waals surface area (Å²) in [5, 5.41) is 11.3. The molecule has 0 bridgehead atoms. The lowest BCUT2D eigenvalue weighted by molar-refractivity contribution is -0.117. The van der Waals surface area contributed by atoms with Gasteiger partial charge in [-0.3, -0.25) is 14.7 Å². The molecule has 0 aliphatic carbocycles. The normalized spacial score (nSPS) is 11.8. The van der Waals surface area contributed by atoms with Gasteiger partial charge in [-0.05, 0) is 37.6 Å². The second kappa shape index (κ2) is 9.10. The van der Waals surface area contributed by atoms with E-state index >= 15 is 0 Å². The molecule has 0 aliphatic rings.